The van der Waals surface area contributed by atoms with Crippen LogP contribution in [0.25, 0.3) is 0 Å². The van der Waals surface area contributed by atoms with Crippen LogP contribution in [0.4, 0.5) is 44.3 Å². The van der Waals surface area contributed by atoms with Gasteiger partial charge < -0.3 is 19.1 Å². The van der Waals surface area contributed by atoms with Crippen LogP contribution in [-0.2, 0) is 22.6 Å². The standard InChI is InChI=1S/C23H26F9N3O4/c24-21(25,26)19(22(27,28)29)38-20(36)35-12-16-10-34(11-17(16)13-35)9-15-7-14(8-33-3-5-37-6-4-33)1-2-18(15)39-23(30,31)32/h1-2,7,16-17,19H,3-6,8-13H2. The predicted octanol–water partition coefficient (Wildman–Crippen LogP) is 4.41. The maximum atomic E-state index is 13.0. The molecule has 3 saturated heterocycles. The second-order valence-corrected chi connectivity index (χ2v) is 9.84. The fourth-order valence-electron chi connectivity index (χ4n) is 5.20. The predicted molar refractivity (Wildman–Crippen MR) is 115 cm³/mol. The van der Waals surface area contributed by atoms with E-state index in [4.69, 9.17) is 4.74 Å². The molecule has 0 bridgehead atoms. The van der Waals surface area contributed by atoms with Gasteiger partial charge in [-0.1, -0.05) is 6.07 Å². The first-order valence-electron chi connectivity index (χ1n) is 12.1. The normalized spacial score (nSPS) is 23.4. The van der Waals surface area contributed by atoms with Crippen LogP contribution >= 0.6 is 0 Å². The Morgan fingerprint density at radius 3 is 2.00 bits per heavy atom. The number of ether oxygens (including phenoxy) is 3. The van der Waals surface area contributed by atoms with Crippen LogP contribution in [0.2, 0.25) is 0 Å². The van der Waals surface area contributed by atoms with E-state index in [9.17, 15) is 44.3 Å². The van der Waals surface area contributed by atoms with Crippen LogP contribution < -0.4 is 4.74 Å². The van der Waals surface area contributed by atoms with Crippen molar-refractivity contribution in [3.63, 3.8) is 0 Å². The number of nitrogens with zero attached hydrogens (tertiary/aromatic N) is 3. The van der Waals surface area contributed by atoms with Gasteiger partial charge in [-0.2, -0.15) is 26.3 Å². The lowest BCUT2D eigenvalue weighted by molar-refractivity contribution is -0.308. The molecule has 3 aliphatic rings. The zero-order chi connectivity index (χ0) is 28.6. The minimum atomic E-state index is -5.81. The summed E-state index contributed by atoms with van der Waals surface area (Å²) in [7, 11) is 0. The van der Waals surface area contributed by atoms with Crippen molar-refractivity contribution in [1.82, 2.24) is 14.7 Å². The molecular formula is C23H26F9N3O4. The number of benzene rings is 1. The van der Waals surface area contributed by atoms with Gasteiger partial charge in [0.25, 0.3) is 6.10 Å². The SMILES string of the molecule is O=C(OC(C(F)(F)F)C(F)(F)F)N1CC2CN(Cc3cc(CN4CCOCC4)ccc3OC(F)(F)F)CC2C1. The van der Waals surface area contributed by atoms with Gasteiger partial charge in [0, 0.05) is 57.9 Å². The van der Waals surface area contributed by atoms with Gasteiger partial charge >= 0.3 is 24.8 Å². The molecule has 2 unspecified atom stereocenters. The Balaban J connectivity index is 1.39. The Hall–Kier alpha value is -2.46. The van der Waals surface area contributed by atoms with Crippen molar-refractivity contribution in [2.75, 3.05) is 52.5 Å². The molecule has 0 aliphatic carbocycles. The molecule has 0 aromatic heterocycles. The van der Waals surface area contributed by atoms with Gasteiger partial charge in [0.2, 0.25) is 0 Å². The third-order valence-electron chi connectivity index (χ3n) is 6.89. The number of carbonyl (C=O) groups excluding carboxylic acids is 1. The van der Waals surface area contributed by atoms with Crippen molar-refractivity contribution in [3.8, 4) is 5.75 Å². The molecule has 1 amide bonds. The van der Waals surface area contributed by atoms with Crippen molar-refractivity contribution >= 4 is 6.09 Å². The van der Waals surface area contributed by atoms with Crippen LogP contribution in [-0.4, -0.2) is 98.1 Å². The molecule has 220 valence electrons. The summed E-state index contributed by atoms with van der Waals surface area (Å²) >= 11 is 0. The van der Waals surface area contributed by atoms with E-state index in [2.05, 4.69) is 14.4 Å². The average molecular weight is 579 g/mol. The quantitative estimate of drug-likeness (QED) is 0.466. The van der Waals surface area contributed by atoms with E-state index in [1.807, 2.05) is 4.90 Å². The lowest BCUT2D eigenvalue weighted by Gasteiger charge is -2.27. The third kappa shape index (κ3) is 7.81. The number of hydrogen-bond donors (Lipinski definition) is 0. The molecule has 3 fully saturated rings. The molecule has 2 atom stereocenters. The minimum absolute atomic E-state index is 0.0734. The molecule has 0 saturated carbocycles. The number of halogens is 9. The zero-order valence-corrected chi connectivity index (χ0v) is 20.4. The fourth-order valence-corrected chi connectivity index (χ4v) is 5.20. The summed E-state index contributed by atoms with van der Waals surface area (Å²) in [5.74, 6) is -0.951. The van der Waals surface area contributed by atoms with Crippen LogP contribution in [0.15, 0.2) is 18.2 Å². The van der Waals surface area contributed by atoms with Gasteiger partial charge in [-0.25, -0.2) is 4.79 Å². The van der Waals surface area contributed by atoms with Crippen LogP contribution in [0, 0.1) is 11.8 Å². The van der Waals surface area contributed by atoms with Crippen molar-refractivity contribution in [2.45, 2.75) is 37.9 Å². The molecule has 16 heteroatoms. The monoisotopic (exact) mass is 579 g/mol. The highest BCUT2D eigenvalue weighted by Crippen LogP contribution is 2.38. The molecule has 0 N–H and O–H groups in total. The van der Waals surface area contributed by atoms with Crippen molar-refractivity contribution in [1.29, 1.82) is 0 Å². The number of hydrogen-bond acceptors (Lipinski definition) is 6. The summed E-state index contributed by atoms with van der Waals surface area (Å²) in [6.45, 7) is 3.31. The van der Waals surface area contributed by atoms with E-state index in [-0.39, 0.29) is 55.9 Å². The van der Waals surface area contributed by atoms with Gasteiger partial charge in [-0.05, 0) is 29.5 Å². The molecule has 39 heavy (non-hydrogen) atoms. The molecule has 0 spiro atoms. The van der Waals surface area contributed by atoms with E-state index >= 15 is 0 Å². The number of alkyl halides is 9. The Labute approximate surface area is 217 Å². The fraction of sp³-hybridized carbons (Fsp3) is 0.696. The number of likely N-dealkylation sites (tertiary alicyclic amines) is 2. The molecule has 3 heterocycles. The largest absolute Gasteiger partial charge is 0.573 e. The molecule has 1 aromatic carbocycles. The topological polar surface area (TPSA) is 54.5 Å². The average Bonchev–Trinajstić information content (AvgIpc) is 3.36. The first-order chi connectivity index (χ1) is 18.1. The number of amides is 1. The molecule has 0 radical (unpaired) electrons. The first kappa shape index (κ1) is 29.5. The van der Waals surface area contributed by atoms with Crippen molar-refractivity contribution in [3.05, 3.63) is 29.3 Å². The Bertz CT molecular complexity index is 984. The van der Waals surface area contributed by atoms with Gasteiger partial charge in [-0.3, -0.25) is 9.80 Å². The summed E-state index contributed by atoms with van der Waals surface area (Å²) in [4.78, 5) is 16.8. The molecule has 1 aromatic rings. The maximum Gasteiger partial charge on any atom is 0.573 e. The molecular weight excluding hydrogens is 553 g/mol. The van der Waals surface area contributed by atoms with Crippen molar-refractivity contribution in [2.24, 2.45) is 11.8 Å². The first-order valence-corrected chi connectivity index (χ1v) is 12.1. The number of carbonyl (C=O) groups is 1. The Morgan fingerprint density at radius 2 is 1.46 bits per heavy atom. The molecule has 3 aliphatic heterocycles. The van der Waals surface area contributed by atoms with Gasteiger partial charge in [0.05, 0.1) is 13.2 Å². The highest BCUT2D eigenvalue weighted by atomic mass is 19.4. The number of morpholine rings is 1. The second kappa shape index (κ2) is 11.2. The van der Waals surface area contributed by atoms with Gasteiger partial charge in [0.15, 0.2) is 0 Å². The van der Waals surface area contributed by atoms with Crippen LogP contribution in [0.3, 0.4) is 0 Å². The summed E-state index contributed by atoms with van der Waals surface area (Å²) in [5, 5.41) is 0. The second-order valence-electron chi connectivity index (χ2n) is 9.84. The summed E-state index contributed by atoms with van der Waals surface area (Å²) < 4.78 is 129. The summed E-state index contributed by atoms with van der Waals surface area (Å²) in [5.41, 5.74) is 1.06. The van der Waals surface area contributed by atoms with Gasteiger partial charge in [0.1, 0.15) is 5.75 Å². The lowest BCUT2D eigenvalue weighted by atomic mass is 10.0. The number of fused-ring (bicyclic) bond motifs is 1. The highest BCUT2D eigenvalue weighted by molar-refractivity contribution is 5.68. The summed E-state index contributed by atoms with van der Waals surface area (Å²) in [6, 6.07) is 4.44. The van der Waals surface area contributed by atoms with E-state index < -0.39 is 30.9 Å². The highest BCUT2D eigenvalue weighted by Gasteiger charge is 2.60. The van der Waals surface area contributed by atoms with Crippen molar-refractivity contribution < 1.29 is 58.5 Å². The van der Waals surface area contributed by atoms with E-state index in [1.165, 1.54) is 6.07 Å². The van der Waals surface area contributed by atoms with E-state index in [0.717, 1.165) is 10.5 Å². The summed E-state index contributed by atoms with van der Waals surface area (Å²) in [6.07, 6.45) is -22.5. The molecule has 4 rings (SSSR count). The third-order valence-corrected chi connectivity index (χ3v) is 6.89. The van der Waals surface area contributed by atoms with E-state index in [0.29, 0.717) is 32.8 Å². The lowest BCUT2D eigenvalue weighted by Crippen LogP contribution is -2.48. The molecule has 7 nitrogen and oxygen atoms in total. The number of rotatable bonds is 6. The van der Waals surface area contributed by atoms with E-state index in [1.54, 1.807) is 12.1 Å². The van der Waals surface area contributed by atoms with Crippen LogP contribution in [0.5, 0.6) is 5.75 Å². The minimum Gasteiger partial charge on any atom is -0.426 e. The van der Waals surface area contributed by atoms with Crippen LogP contribution in [0.1, 0.15) is 11.1 Å². The Kier molecular flexibility index (Phi) is 8.47. The zero-order valence-electron chi connectivity index (χ0n) is 20.4. The van der Waals surface area contributed by atoms with Gasteiger partial charge in [-0.15, -0.1) is 13.2 Å². The Morgan fingerprint density at radius 1 is 0.872 bits per heavy atom. The maximum absolute atomic E-state index is 13.0. The smallest absolute Gasteiger partial charge is 0.426 e.